The average Bonchev–Trinajstić information content (AvgIpc) is 2.10. The van der Waals surface area contributed by atoms with Crippen molar-refractivity contribution < 1.29 is 0 Å². The number of benzene rings is 1. The van der Waals surface area contributed by atoms with Crippen LogP contribution in [0, 0.1) is 6.92 Å². The fourth-order valence-electron chi connectivity index (χ4n) is 1.31. The van der Waals surface area contributed by atoms with Crippen molar-refractivity contribution in [1.82, 2.24) is 5.32 Å². The van der Waals surface area contributed by atoms with Crippen LogP contribution in [-0.2, 0) is 0 Å². The number of aryl methyl sites for hydroxylation is 1. The fraction of sp³-hybridized carbons (Fsp3) is 0.273. The van der Waals surface area contributed by atoms with Gasteiger partial charge in [0.05, 0.1) is 0 Å². The molecule has 1 aromatic carbocycles. The number of hydrogen-bond acceptors (Lipinski definition) is 1. The van der Waals surface area contributed by atoms with Gasteiger partial charge >= 0.3 is 0 Å². The molecule has 0 radical (unpaired) electrons. The molecule has 1 rings (SSSR count). The zero-order valence-corrected chi connectivity index (χ0v) is 7.89. The third kappa shape index (κ3) is 1.67. The Kier molecular flexibility index (Phi) is 2.92. The summed E-state index contributed by atoms with van der Waals surface area (Å²) in [6.07, 6.45) is 2.09. The third-order valence-corrected chi connectivity index (χ3v) is 1.99. The molecule has 0 saturated heterocycles. The van der Waals surface area contributed by atoms with E-state index in [4.69, 9.17) is 0 Å². The minimum Gasteiger partial charge on any atom is -0.388 e. The van der Waals surface area contributed by atoms with Crippen LogP contribution in [0.25, 0.3) is 5.70 Å². The summed E-state index contributed by atoms with van der Waals surface area (Å²) in [5.74, 6) is 0. The SMILES string of the molecule is C/C=C(\NC)c1ccccc1C. The molecule has 0 spiro atoms. The van der Waals surface area contributed by atoms with Gasteiger partial charge in [-0.05, 0) is 19.4 Å². The second kappa shape index (κ2) is 3.96. The van der Waals surface area contributed by atoms with Crippen molar-refractivity contribution in [3.8, 4) is 0 Å². The van der Waals surface area contributed by atoms with E-state index in [-0.39, 0.29) is 0 Å². The summed E-state index contributed by atoms with van der Waals surface area (Å²) < 4.78 is 0. The number of rotatable bonds is 2. The molecule has 0 heterocycles. The summed E-state index contributed by atoms with van der Waals surface area (Å²) >= 11 is 0. The van der Waals surface area contributed by atoms with Gasteiger partial charge in [0.1, 0.15) is 0 Å². The van der Waals surface area contributed by atoms with Crippen molar-refractivity contribution in [3.63, 3.8) is 0 Å². The van der Waals surface area contributed by atoms with E-state index < -0.39 is 0 Å². The van der Waals surface area contributed by atoms with E-state index in [0.29, 0.717) is 0 Å². The Hall–Kier alpha value is -1.24. The maximum atomic E-state index is 3.17. The van der Waals surface area contributed by atoms with E-state index in [1.165, 1.54) is 16.8 Å². The molecule has 0 bridgehead atoms. The van der Waals surface area contributed by atoms with Gasteiger partial charge in [0, 0.05) is 18.3 Å². The molecular formula is C11H15N. The molecule has 0 aliphatic heterocycles. The lowest BCUT2D eigenvalue weighted by atomic mass is 10.1. The molecule has 1 N–H and O–H groups in total. The lowest BCUT2D eigenvalue weighted by molar-refractivity contribution is 1.11. The Labute approximate surface area is 74.1 Å². The zero-order valence-electron chi connectivity index (χ0n) is 7.89. The van der Waals surface area contributed by atoms with Gasteiger partial charge in [0.25, 0.3) is 0 Å². The number of allylic oxidation sites excluding steroid dienone is 1. The topological polar surface area (TPSA) is 12.0 Å². The molecule has 1 nitrogen and oxygen atoms in total. The van der Waals surface area contributed by atoms with Gasteiger partial charge in [-0.3, -0.25) is 0 Å². The molecule has 12 heavy (non-hydrogen) atoms. The molecule has 0 aliphatic rings. The second-order valence-electron chi connectivity index (χ2n) is 2.77. The maximum Gasteiger partial charge on any atom is 0.0370 e. The van der Waals surface area contributed by atoms with Gasteiger partial charge in [-0.25, -0.2) is 0 Å². The summed E-state index contributed by atoms with van der Waals surface area (Å²) in [7, 11) is 1.95. The third-order valence-electron chi connectivity index (χ3n) is 1.99. The Morgan fingerprint density at radius 2 is 2.00 bits per heavy atom. The van der Waals surface area contributed by atoms with Crippen molar-refractivity contribution in [3.05, 3.63) is 41.5 Å². The van der Waals surface area contributed by atoms with E-state index in [9.17, 15) is 0 Å². The molecule has 0 aromatic heterocycles. The highest BCUT2D eigenvalue weighted by molar-refractivity contribution is 5.65. The number of nitrogens with one attached hydrogen (secondary N) is 1. The Morgan fingerprint density at radius 3 is 2.50 bits per heavy atom. The van der Waals surface area contributed by atoms with Gasteiger partial charge in [0.2, 0.25) is 0 Å². The molecule has 64 valence electrons. The standard InChI is InChI=1S/C11H15N/c1-4-11(12-3)10-8-6-5-7-9(10)2/h4-8,12H,1-3H3/b11-4-. The van der Waals surface area contributed by atoms with Crippen LogP contribution >= 0.6 is 0 Å². The van der Waals surface area contributed by atoms with E-state index in [2.05, 4.69) is 42.6 Å². The maximum absolute atomic E-state index is 3.17. The van der Waals surface area contributed by atoms with Gasteiger partial charge in [0.15, 0.2) is 0 Å². The van der Waals surface area contributed by atoms with Gasteiger partial charge in [-0.15, -0.1) is 0 Å². The Morgan fingerprint density at radius 1 is 1.33 bits per heavy atom. The molecule has 0 fully saturated rings. The van der Waals surface area contributed by atoms with E-state index in [1.54, 1.807) is 0 Å². The largest absolute Gasteiger partial charge is 0.388 e. The smallest absolute Gasteiger partial charge is 0.0370 e. The van der Waals surface area contributed by atoms with Crippen molar-refractivity contribution in [2.24, 2.45) is 0 Å². The van der Waals surface area contributed by atoms with Crippen LogP contribution in [0.1, 0.15) is 18.1 Å². The van der Waals surface area contributed by atoms with E-state index in [1.807, 2.05) is 14.0 Å². The first-order chi connectivity index (χ1) is 5.79. The van der Waals surface area contributed by atoms with Crippen molar-refractivity contribution in [2.75, 3.05) is 7.05 Å². The van der Waals surface area contributed by atoms with Crippen LogP contribution in [0.15, 0.2) is 30.3 Å². The summed E-state index contributed by atoms with van der Waals surface area (Å²) in [5.41, 5.74) is 3.77. The first-order valence-corrected chi connectivity index (χ1v) is 4.19. The lowest BCUT2D eigenvalue weighted by Crippen LogP contribution is -2.05. The average molecular weight is 161 g/mol. The summed E-state index contributed by atoms with van der Waals surface area (Å²) in [6, 6.07) is 8.36. The predicted octanol–water partition coefficient (Wildman–Crippen LogP) is 2.58. The first-order valence-electron chi connectivity index (χ1n) is 4.19. The predicted molar refractivity (Wildman–Crippen MR) is 53.9 cm³/mol. The van der Waals surface area contributed by atoms with E-state index >= 15 is 0 Å². The second-order valence-corrected chi connectivity index (χ2v) is 2.77. The molecule has 0 amide bonds. The summed E-state index contributed by atoms with van der Waals surface area (Å²) in [6.45, 7) is 4.16. The van der Waals surface area contributed by atoms with Crippen LogP contribution in [0.5, 0.6) is 0 Å². The monoisotopic (exact) mass is 161 g/mol. The highest BCUT2D eigenvalue weighted by Gasteiger charge is 1.99. The van der Waals surface area contributed by atoms with Crippen LogP contribution in [0.2, 0.25) is 0 Å². The molecule has 0 aliphatic carbocycles. The quantitative estimate of drug-likeness (QED) is 0.703. The van der Waals surface area contributed by atoms with Crippen LogP contribution < -0.4 is 5.32 Å². The molecule has 1 heteroatoms. The Bertz CT molecular complexity index is 287. The molecule has 1 aromatic rings. The molecule has 0 unspecified atom stereocenters. The molecule has 0 saturated carbocycles. The normalized spacial score (nSPS) is 11.4. The highest BCUT2D eigenvalue weighted by Crippen LogP contribution is 2.14. The molecule has 0 atom stereocenters. The van der Waals surface area contributed by atoms with Crippen LogP contribution in [0.3, 0.4) is 0 Å². The zero-order chi connectivity index (χ0) is 8.97. The van der Waals surface area contributed by atoms with E-state index in [0.717, 1.165) is 0 Å². The summed E-state index contributed by atoms with van der Waals surface area (Å²) in [4.78, 5) is 0. The van der Waals surface area contributed by atoms with Gasteiger partial charge in [-0.2, -0.15) is 0 Å². The minimum atomic E-state index is 1.19. The van der Waals surface area contributed by atoms with Gasteiger partial charge in [-0.1, -0.05) is 30.3 Å². The van der Waals surface area contributed by atoms with Crippen molar-refractivity contribution in [1.29, 1.82) is 0 Å². The van der Waals surface area contributed by atoms with Gasteiger partial charge < -0.3 is 5.32 Å². The molecular weight excluding hydrogens is 146 g/mol. The van der Waals surface area contributed by atoms with Crippen LogP contribution in [0.4, 0.5) is 0 Å². The fourth-order valence-corrected chi connectivity index (χ4v) is 1.31. The van der Waals surface area contributed by atoms with Crippen molar-refractivity contribution in [2.45, 2.75) is 13.8 Å². The lowest BCUT2D eigenvalue weighted by Gasteiger charge is -2.08. The minimum absolute atomic E-state index is 1.19. The first kappa shape index (κ1) is 8.85. The Balaban J connectivity index is 3.10. The van der Waals surface area contributed by atoms with Crippen molar-refractivity contribution >= 4 is 5.70 Å². The number of hydrogen-bond donors (Lipinski definition) is 1. The summed E-state index contributed by atoms with van der Waals surface area (Å²) in [5, 5.41) is 3.17. The highest BCUT2D eigenvalue weighted by atomic mass is 14.8. The van der Waals surface area contributed by atoms with Crippen LogP contribution in [-0.4, -0.2) is 7.05 Å².